The molecule has 0 radical (unpaired) electrons. The van der Waals surface area contributed by atoms with Gasteiger partial charge in [-0.3, -0.25) is 4.79 Å². The Kier molecular flexibility index (Phi) is 4.60. The molecule has 6 heteroatoms. The van der Waals surface area contributed by atoms with E-state index in [1.54, 1.807) is 29.5 Å². The number of carbonyl (C=O) groups excluding carboxylic acids is 1. The van der Waals surface area contributed by atoms with Gasteiger partial charge >= 0.3 is 0 Å². The van der Waals surface area contributed by atoms with Crippen LogP contribution >= 0.6 is 38.9 Å². The molecule has 1 unspecified atom stereocenters. The molecule has 1 N–H and O–H groups in total. The van der Waals surface area contributed by atoms with E-state index in [4.69, 9.17) is 11.6 Å². The van der Waals surface area contributed by atoms with Crippen molar-refractivity contribution in [3.8, 4) is 0 Å². The van der Waals surface area contributed by atoms with Gasteiger partial charge in [-0.1, -0.05) is 11.6 Å². The molecule has 2 aromatic rings. The van der Waals surface area contributed by atoms with E-state index in [1.165, 1.54) is 0 Å². The van der Waals surface area contributed by atoms with E-state index in [2.05, 4.69) is 26.2 Å². The number of halogens is 2. The lowest BCUT2D eigenvalue weighted by atomic mass is 10.2. The Bertz CT molecular complexity index is 614. The van der Waals surface area contributed by atoms with Gasteiger partial charge in [0.05, 0.1) is 11.1 Å². The van der Waals surface area contributed by atoms with Crippen LogP contribution in [-0.2, 0) is 0 Å². The number of aromatic nitrogens is 1. The smallest absolute Gasteiger partial charge is 0.251 e. The summed E-state index contributed by atoms with van der Waals surface area (Å²) < 4.78 is 0.773. The second-order valence-corrected chi connectivity index (χ2v) is 6.30. The van der Waals surface area contributed by atoms with Crippen molar-refractivity contribution in [3.63, 3.8) is 0 Å². The molecule has 0 bridgehead atoms. The van der Waals surface area contributed by atoms with Crippen molar-refractivity contribution in [3.05, 3.63) is 49.3 Å². The molecule has 1 aromatic heterocycles. The fraction of sp³-hybridized carbons (Fsp3) is 0.231. The maximum Gasteiger partial charge on any atom is 0.251 e. The fourth-order valence-electron chi connectivity index (χ4n) is 1.55. The molecular formula is C13H12BrClN2OS. The van der Waals surface area contributed by atoms with Crippen LogP contribution in [-0.4, -0.2) is 10.9 Å². The maximum absolute atomic E-state index is 12.1. The lowest BCUT2D eigenvalue weighted by molar-refractivity contribution is 0.0940. The van der Waals surface area contributed by atoms with Crippen LogP contribution in [0.3, 0.4) is 0 Å². The summed E-state index contributed by atoms with van der Waals surface area (Å²) in [6.45, 7) is 3.85. The molecule has 19 heavy (non-hydrogen) atoms. The maximum atomic E-state index is 12.1. The Morgan fingerprint density at radius 1 is 1.53 bits per heavy atom. The molecule has 100 valence electrons. The summed E-state index contributed by atoms with van der Waals surface area (Å²) in [7, 11) is 0. The largest absolute Gasteiger partial charge is 0.343 e. The first-order chi connectivity index (χ1) is 8.97. The highest BCUT2D eigenvalue weighted by Crippen LogP contribution is 2.24. The van der Waals surface area contributed by atoms with E-state index in [-0.39, 0.29) is 11.9 Å². The van der Waals surface area contributed by atoms with E-state index in [0.29, 0.717) is 10.6 Å². The van der Waals surface area contributed by atoms with Gasteiger partial charge in [-0.05, 0) is 48.0 Å². The minimum absolute atomic E-state index is 0.117. The molecule has 1 amide bonds. The first-order valence-electron chi connectivity index (χ1n) is 5.65. The van der Waals surface area contributed by atoms with Gasteiger partial charge in [-0.2, -0.15) is 0 Å². The minimum atomic E-state index is -0.158. The number of hydrogen-bond donors (Lipinski definition) is 1. The number of amides is 1. The molecule has 0 aliphatic carbocycles. The highest BCUT2D eigenvalue weighted by atomic mass is 79.9. The summed E-state index contributed by atoms with van der Waals surface area (Å²) in [4.78, 5) is 16.4. The first kappa shape index (κ1) is 14.5. The predicted molar refractivity (Wildman–Crippen MR) is 81.9 cm³/mol. The molecular weight excluding hydrogens is 348 g/mol. The average Bonchev–Trinajstić information content (AvgIpc) is 2.79. The topological polar surface area (TPSA) is 42.0 Å². The molecule has 1 atom stereocenters. The Balaban J connectivity index is 2.10. The Morgan fingerprint density at radius 2 is 2.26 bits per heavy atom. The van der Waals surface area contributed by atoms with E-state index >= 15 is 0 Å². The molecule has 0 saturated carbocycles. The van der Waals surface area contributed by atoms with Crippen LogP contribution < -0.4 is 5.32 Å². The predicted octanol–water partition coefficient (Wildman–Crippen LogP) is 4.36. The number of thiazole rings is 1. The molecule has 0 aliphatic rings. The van der Waals surface area contributed by atoms with Crippen LogP contribution in [0.2, 0.25) is 5.02 Å². The van der Waals surface area contributed by atoms with E-state index < -0.39 is 0 Å². The molecule has 0 saturated heterocycles. The van der Waals surface area contributed by atoms with Gasteiger partial charge in [-0.15, -0.1) is 11.3 Å². The number of carbonyl (C=O) groups is 1. The normalized spacial score (nSPS) is 12.2. The van der Waals surface area contributed by atoms with Crippen molar-refractivity contribution in [1.82, 2.24) is 10.3 Å². The van der Waals surface area contributed by atoms with Crippen molar-refractivity contribution in [2.45, 2.75) is 19.9 Å². The molecule has 1 aromatic carbocycles. The van der Waals surface area contributed by atoms with Crippen LogP contribution in [0.4, 0.5) is 0 Å². The molecule has 0 aliphatic heterocycles. The third-order valence-corrected chi connectivity index (χ3v) is 4.91. The third-order valence-electron chi connectivity index (χ3n) is 2.54. The molecule has 3 nitrogen and oxygen atoms in total. The lowest BCUT2D eigenvalue weighted by Gasteiger charge is -2.11. The summed E-state index contributed by atoms with van der Waals surface area (Å²) in [5, 5.41) is 6.29. The zero-order valence-electron chi connectivity index (χ0n) is 10.4. The van der Waals surface area contributed by atoms with E-state index in [1.807, 2.05) is 19.2 Å². The van der Waals surface area contributed by atoms with Gasteiger partial charge in [-0.25, -0.2) is 4.98 Å². The molecule has 0 spiro atoms. The van der Waals surface area contributed by atoms with Crippen molar-refractivity contribution in [2.75, 3.05) is 0 Å². The number of hydrogen-bond acceptors (Lipinski definition) is 3. The zero-order chi connectivity index (χ0) is 14.0. The minimum Gasteiger partial charge on any atom is -0.343 e. The Labute approximate surface area is 129 Å². The fourth-order valence-corrected chi connectivity index (χ4v) is 2.78. The monoisotopic (exact) mass is 358 g/mol. The number of benzene rings is 1. The zero-order valence-corrected chi connectivity index (χ0v) is 13.6. The van der Waals surface area contributed by atoms with Gasteiger partial charge in [0.1, 0.15) is 5.01 Å². The van der Waals surface area contributed by atoms with Crippen molar-refractivity contribution < 1.29 is 4.79 Å². The number of nitrogens with one attached hydrogen (secondary N) is 1. The molecule has 1 heterocycles. The van der Waals surface area contributed by atoms with Crippen LogP contribution in [0.25, 0.3) is 0 Å². The highest BCUT2D eigenvalue weighted by molar-refractivity contribution is 9.10. The van der Waals surface area contributed by atoms with Gasteiger partial charge in [0.2, 0.25) is 0 Å². The van der Waals surface area contributed by atoms with Gasteiger partial charge < -0.3 is 5.32 Å². The third kappa shape index (κ3) is 3.55. The molecule has 0 fully saturated rings. The summed E-state index contributed by atoms with van der Waals surface area (Å²) in [6.07, 6.45) is 0. The Morgan fingerprint density at radius 3 is 2.84 bits per heavy atom. The summed E-state index contributed by atoms with van der Waals surface area (Å²) in [5.41, 5.74) is 1.50. The number of aryl methyl sites for hydroxylation is 1. The second kappa shape index (κ2) is 6.03. The van der Waals surface area contributed by atoms with E-state index in [9.17, 15) is 4.79 Å². The summed E-state index contributed by atoms with van der Waals surface area (Å²) in [6, 6.07) is 5.01. The SMILES string of the molecule is Cc1csc(C(C)NC(=O)c2ccc(Br)c(Cl)c2)n1. The number of nitrogens with zero attached hydrogens (tertiary/aromatic N) is 1. The van der Waals surface area contributed by atoms with Gasteiger partial charge in [0.15, 0.2) is 0 Å². The van der Waals surface area contributed by atoms with E-state index in [0.717, 1.165) is 15.2 Å². The standard InChI is InChI=1S/C13H12BrClN2OS/c1-7-6-19-13(16-7)8(2)17-12(18)9-3-4-10(14)11(15)5-9/h3-6,8H,1-2H3,(H,17,18). The van der Waals surface area contributed by atoms with Crippen LogP contribution in [0.1, 0.15) is 34.0 Å². The van der Waals surface area contributed by atoms with Crippen molar-refractivity contribution in [1.29, 1.82) is 0 Å². The first-order valence-corrected chi connectivity index (χ1v) is 7.70. The van der Waals surface area contributed by atoms with Crippen molar-refractivity contribution in [2.24, 2.45) is 0 Å². The van der Waals surface area contributed by atoms with Crippen LogP contribution in [0.15, 0.2) is 28.1 Å². The average molecular weight is 360 g/mol. The van der Waals surface area contributed by atoms with Gasteiger partial charge in [0.25, 0.3) is 5.91 Å². The summed E-state index contributed by atoms with van der Waals surface area (Å²) >= 11 is 10.8. The highest BCUT2D eigenvalue weighted by Gasteiger charge is 2.14. The lowest BCUT2D eigenvalue weighted by Crippen LogP contribution is -2.26. The quantitative estimate of drug-likeness (QED) is 0.885. The van der Waals surface area contributed by atoms with Crippen molar-refractivity contribution >= 4 is 44.8 Å². The summed E-state index contributed by atoms with van der Waals surface area (Å²) in [5.74, 6) is -0.158. The Hall–Kier alpha value is -0.910. The van der Waals surface area contributed by atoms with Crippen LogP contribution in [0, 0.1) is 6.92 Å². The van der Waals surface area contributed by atoms with Crippen LogP contribution in [0.5, 0.6) is 0 Å². The second-order valence-electron chi connectivity index (χ2n) is 4.15. The molecule has 2 rings (SSSR count). The van der Waals surface area contributed by atoms with Gasteiger partial charge in [0, 0.05) is 21.1 Å². The number of rotatable bonds is 3.